The Hall–Kier alpha value is -2.86. The maximum atomic E-state index is 12.3. The van der Waals surface area contributed by atoms with Gasteiger partial charge in [0.05, 0.1) is 13.0 Å². The average Bonchev–Trinajstić information content (AvgIpc) is 2.66. The number of ether oxygens (including phenoxy) is 2. The third-order valence-electron chi connectivity index (χ3n) is 3.93. The lowest BCUT2D eigenvalue weighted by Gasteiger charge is -2.10. The van der Waals surface area contributed by atoms with Crippen LogP contribution < -0.4 is 10.1 Å². The Balaban J connectivity index is 1.80. The van der Waals surface area contributed by atoms with Gasteiger partial charge in [-0.1, -0.05) is 30.3 Å². The molecule has 1 amide bonds. The Morgan fingerprint density at radius 3 is 2.48 bits per heavy atom. The number of carboxylic acid groups (broad SMARTS) is 1. The number of benzene rings is 2. The van der Waals surface area contributed by atoms with Crippen molar-refractivity contribution >= 4 is 11.9 Å². The van der Waals surface area contributed by atoms with Crippen molar-refractivity contribution in [1.29, 1.82) is 0 Å². The van der Waals surface area contributed by atoms with Crippen LogP contribution in [0.25, 0.3) is 0 Å². The van der Waals surface area contributed by atoms with E-state index in [2.05, 4.69) is 5.32 Å². The second-order valence-corrected chi connectivity index (χ2v) is 5.92. The van der Waals surface area contributed by atoms with Gasteiger partial charge in [-0.15, -0.1) is 0 Å². The Morgan fingerprint density at radius 1 is 1.04 bits per heavy atom. The van der Waals surface area contributed by atoms with Gasteiger partial charge in [0.1, 0.15) is 12.4 Å². The molecule has 0 atom stereocenters. The highest BCUT2D eigenvalue weighted by molar-refractivity contribution is 5.96. The highest BCUT2D eigenvalue weighted by atomic mass is 16.5. The molecule has 0 radical (unpaired) electrons. The van der Waals surface area contributed by atoms with Crippen LogP contribution in [0.4, 0.5) is 0 Å². The first-order valence-electron chi connectivity index (χ1n) is 8.97. The molecule has 2 N–H and O–H groups in total. The minimum absolute atomic E-state index is 0.172. The van der Waals surface area contributed by atoms with Crippen LogP contribution in [-0.4, -0.2) is 43.3 Å². The van der Waals surface area contributed by atoms with Crippen molar-refractivity contribution in [3.8, 4) is 5.75 Å². The van der Waals surface area contributed by atoms with Gasteiger partial charge in [0.2, 0.25) is 0 Å². The van der Waals surface area contributed by atoms with E-state index in [4.69, 9.17) is 14.6 Å². The van der Waals surface area contributed by atoms with Gasteiger partial charge in [-0.3, -0.25) is 9.59 Å². The van der Waals surface area contributed by atoms with Crippen molar-refractivity contribution in [3.05, 3.63) is 65.2 Å². The molecule has 27 heavy (non-hydrogen) atoms. The van der Waals surface area contributed by atoms with Crippen LogP contribution in [0.1, 0.15) is 28.4 Å². The van der Waals surface area contributed by atoms with E-state index in [0.717, 1.165) is 11.3 Å². The van der Waals surface area contributed by atoms with Gasteiger partial charge in [0.25, 0.3) is 5.91 Å². The number of nitrogens with one attached hydrogen (secondary N) is 1. The van der Waals surface area contributed by atoms with E-state index >= 15 is 0 Å². The third-order valence-corrected chi connectivity index (χ3v) is 3.93. The van der Waals surface area contributed by atoms with Gasteiger partial charge < -0.3 is 19.9 Å². The van der Waals surface area contributed by atoms with Crippen molar-refractivity contribution < 1.29 is 24.2 Å². The number of rotatable bonds is 11. The molecule has 2 aromatic carbocycles. The largest absolute Gasteiger partial charge is 0.491 e. The highest BCUT2D eigenvalue weighted by Crippen LogP contribution is 2.13. The molecule has 0 aliphatic rings. The Kier molecular flexibility index (Phi) is 8.32. The summed E-state index contributed by atoms with van der Waals surface area (Å²) in [6.45, 7) is 4.16. The molecule has 0 saturated carbocycles. The SMILES string of the molecule is CCOCCOc1ccc(CCNC(=O)c2ccccc2CC(=O)O)cc1. The number of amides is 1. The lowest BCUT2D eigenvalue weighted by atomic mass is 10.0. The number of aliphatic carboxylic acids is 1. The van der Waals surface area contributed by atoms with Crippen LogP contribution in [-0.2, 0) is 22.4 Å². The van der Waals surface area contributed by atoms with Crippen molar-refractivity contribution in [2.24, 2.45) is 0 Å². The Labute approximate surface area is 159 Å². The van der Waals surface area contributed by atoms with Crippen LogP contribution in [0.2, 0.25) is 0 Å². The number of hydrogen-bond donors (Lipinski definition) is 2. The molecule has 6 heteroatoms. The Morgan fingerprint density at radius 2 is 1.78 bits per heavy atom. The molecule has 0 saturated heterocycles. The molecular formula is C21H25NO5. The molecule has 2 aromatic rings. The average molecular weight is 371 g/mol. The molecule has 144 valence electrons. The number of carbonyl (C=O) groups excluding carboxylic acids is 1. The van der Waals surface area contributed by atoms with E-state index < -0.39 is 5.97 Å². The summed E-state index contributed by atoms with van der Waals surface area (Å²) in [5.41, 5.74) is 1.99. The zero-order valence-electron chi connectivity index (χ0n) is 15.4. The summed E-state index contributed by atoms with van der Waals surface area (Å²) in [5, 5.41) is 11.8. The smallest absolute Gasteiger partial charge is 0.307 e. The normalized spacial score (nSPS) is 10.4. The number of hydrogen-bond acceptors (Lipinski definition) is 4. The quantitative estimate of drug-likeness (QED) is 0.593. The summed E-state index contributed by atoms with van der Waals surface area (Å²) in [6, 6.07) is 14.5. The lowest BCUT2D eigenvalue weighted by Crippen LogP contribution is -2.27. The monoisotopic (exact) mass is 371 g/mol. The summed E-state index contributed by atoms with van der Waals surface area (Å²) in [6.07, 6.45) is 0.500. The van der Waals surface area contributed by atoms with Crippen molar-refractivity contribution in [2.45, 2.75) is 19.8 Å². The fourth-order valence-electron chi connectivity index (χ4n) is 2.59. The molecule has 0 fully saturated rings. The predicted octanol–water partition coefficient (Wildman–Crippen LogP) is 2.70. The Bertz CT molecular complexity index is 742. The van der Waals surface area contributed by atoms with E-state index in [-0.39, 0.29) is 12.3 Å². The molecule has 0 aliphatic carbocycles. The molecule has 2 rings (SSSR count). The fraction of sp³-hybridized carbons (Fsp3) is 0.333. The molecule has 0 heterocycles. The second-order valence-electron chi connectivity index (χ2n) is 5.92. The molecule has 0 unspecified atom stereocenters. The van der Waals surface area contributed by atoms with E-state index in [1.54, 1.807) is 24.3 Å². The van der Waals surface area contributed by atoms with Gasteiger partial charge in [-0.05, 0) is 42.7 Å². The van der Waals surface area contributed by atoms with Gasteiger partial charge >= 0.3 is 5.97 Å². The molecule has 0 bridgehead atoms. The first kappa shape index (κ1) is 20.5. The maximum absolute atomic E-state index is 12.3. The van der Waals surface area contributed by atoms with E-state index in [9.17, 15) is 9.59 Å². The topological polar surface area (TPSA) is 84.9 Å². The number of carbonyl (C=O) groups is 2. The summed E-state index contributed by atoms with van der Waals surface area (Å²) < 4.78 is 10.8. The van der Waals surface area contributed by atoms with Crippen LogP contribution in [0.3, 0.4) is 0 Å². The van der Waals surface area contributed by atoms with Gasteiger partial charge in [-0.25, -0.2) is 0 Å². The first-order chi connectivity index (χ1) is 13.1. The van der Waals surface area contributed by atoms with Crippen molar-refractivity contribution in [1.82, 2.24) is 5.32 Å². The van der Waals surface area contributed by atoms with Gasteiger partial charge in [0.15, 0.2) is 0 Å². The maximum Gasteiger partial charge on any atom is 0.307 e. The summed E-state index contributed by atoms with van der Waals surface area (Å²) in [7, 11) is 0. The van der Waals surface area contributed by atoms with Crippen LogP contribution in [0.5, 0.6) is 5.75 Å². The molecular weight excluding hydrogens is 346 g/mol. The van der Waals surface area contributed by atoms with Crippen LogP contribution >= 0.6 is 0 Å². The first-order valence-corrected chi connectivity index (χ1v) is 8.97. The lowest BCUT2D eigenvalue weighted by molar-refractivity contribution is -0.136. The van der Waals surface area contributed by atoms with Gasteiger partial charge in [0, 0.05) is 18.7 Å². The van der Waals surface area contributed by atoms with Crippen LogP contribution in [0.15, 0.2) is 48.5 Å². The zero-order valence-corrected chi connectivity index (χ0v) is 15.4. The standard InChI is InChI=1S/C21H25NO5/c1-2-26-13-14-27-18-9-7-16(8-10-18)11-12-22-21(25)19-6-4-3-5-17(19)15-20(23)24/h3-10H,2,11-15H2,1H3,(H,22,25)(H,23,24). The second kappa shape index (κ2) is 11.0. The zero-order chi connectivity index (χ0) is 19.5. The molecule has 0 aromatic heterocycles. The fourth-order valence-corrected chi connectivity index (χ4v) is 2.59. The van der Waals surface area contributed by atoms with Crippen molar-refractivity contribution in [3.63, 3.8) is 0 Å². The van der Waals surface area contributed by atoms with Crippen LogP contribution in [0, 0.1) is 0 Å². The summed E-state index contributed by atoms with van der Waals surface area (Å²) in [5.74, 6) is -0.438. The van der Waals surface area contributed by atoms with E-state index in [1.165, 1.54) is 0 Å². The highest BCUT2D eigenvalue weighted by Gasteiger charge is 2.12. The third kappa shape index (κ3) is 7.11. The van der Waals surface area contributed by atoms with Gasteiger partial charge in [-0.2, -0.15) is 0 Å². The van der Waals surface area contributed by atoms with Crippen molar-refractivity contribution in [2.75, 3.05) is 26.4 Å². The predicted molar refractivity (Wildman–Crippen MR) is 102 cm³/mol. The number of carboxylic acids is 1. The summed E-state index contributed by atoms with van der Waals surface area (Å²) in [4.78, 5) is 23.2. The minimum Gasteiger partial charge on any atom is -0.491 e. The van der Waals surface area contributed by atoms with E-state index in [0.29, 0.717) is 43.9 Å². The minimum atomic E-state index is -0.959. The molecule has 0 spiro atoms. The summed E-state index contributed by atoms with van der Waals surface area (Å²) >= 11 is 0. The van der Waals surface area contributed by atoms with E-state index in [1.807, 2.05) is 31.2 Å². The molecule has 6 nitrogen and oxygen atoms in total. The molecule has 0 aliphatic heterocycles.